The fourth-order valence-corrected chi connectivity index (χ4v) is 1.76. The molecule has 0 heterocycles. The van der Waals surface area contributed by atoms with E-state index in [0.29, 0.717) is 11.5 Å². The largest absolute Gasteiger partial charge is 0.497 e. The van der Waals surface area contributed by atoms with E-state index in [9.17, 15) is 0 Å². The standard InChI is InChI=1S/C12H20N2O4/c1-15-8-5-6-9(10(7-8)16-2)11(14-13)12(17-3)18-4/h5-7,11-12,14H,13H2,1-4H3. The van der Waals surface area contributed by atoms with Crippen LogP contribution in [0.1, 0.15) is 11.6 Å². The van der Waals surface area contributed by atoms with Gasteiger partial charge in [0, 0.05) is 25.8 Å². The van der Waals surface area contributed by atoms with E-state index in [-0.39, 0.29) is 6.04 Å². The summed E-state index contributed by atoms with van der Waals surface area (Å²) < 4.78 is 20.9. The molecule has 6 heteroatoms. The minimum atomic E-state index is -0.516. The molecule has 0 fully saturated rings. The van der Waals surface area contributed by atoms with Crippen LogP contribution in [0, 0.1) is 0 Å². The number of nitrogens with two attached hydrogens (primary N) is 1. The van der Waals surface area contributed by atoms with Crippen molar-refractivity contribution in [3.05, 3.63) is 23.8 Å². The van der Waals surface area contributed by atoms with Gasteiger partial charge in [-0.15, -0.1) is 0 Å². The maximum absolute atomic E-state index is 5.55. The Labute approximate surface area is 107 Å². The number of benzene rings is 1. The molecule has 0 bridgehead atoms. The van der Waals surface area contributed by atoms with Crippen molar-refractivity contribution in [2.24, 2.45) is 5.84 Å². The van der Waals surface area contributed by atoms with E-state index in [4.69, 9.17) is 24.8 Å². The van der Waals surface area contributed by atoms with Gasteiger partial charge in [-0.2, -0.15) is 0 Å². The van der Waals surface area contributed by atoms with Crippen LogP contribution in [0.4, 0.5) is 0 Å². The van der Waals surface area contributed by atoms with E-state index in [2.05, 4.69) is 5.43 Å². The van der Waals surface area contributed by atoms with Gasteiger partial charge in [-0.3, -0.25) is 5.84 Å². The Bertz CT molecular complexity index is 369. The molecular formula is C12H20N2O4. The lowest BCUT2D eigenvalue weighted by atomic mass is 10.1. The Morgan fingerprint density at radius 2 is 1.72 bits per heavy atom. The highest BCUT2D eigenvalue weighted by molar-refractivity contribution is 5.42. The summed E-state index contributed by atoms with van der Waals surface area (Å²) in [6.45, 7) is 0. The highest BCUT2D eigenvalue weighted by Gasteiger charge is 2.25. The second-order valence-corrected chi connectivity index (χ2v) is 3.59. The maximum Gasteiger partial charge on any atom is 0.177 e. The zero-order valence-corrected chi connectivity index (χ0v) is 11.1. The van der Waals surface area contributed by atoms with E-state index in [0.717, 1.165) is 5.56 Å². The van der Waals surface area contributed by atoms with Crippen LogP contribution in [0.15, 0.2) is 18.2 Å². The summed E-state index contributed by atoms with van der Waals surface area (Å²) in [6.07, 6.45) is -0.516. The highest BCUT2D eigenvalue weighted by atomic mass is 16.7. The molecule has 0 aliphatic heterocycles. The average molecular weight is 256 g/mol. The first kappa shape index (κ1) is 14.7. The van der Waals surface area contributed by atoms with Gasteiger partial charge in [0.25, 0.3) is 0 Å². The monoisotopic (exact) mass is 256 g/mol. The quantitative estimate of drug-likeness (QED) is 0.427. The number of hydrogen-bond donors (Lipinski definition) is 2. The molecule has 0 aliphatic rings. The van der Waals surface area contributed by atoms with E-state index >= 15 is 0 Å². The number of hydrogen-bond acceptors (Lipinski definition) is 6. The van der Waals surface area contributed by atoms with Crippen molar-refractivity contribution < 1.29 is 18.9 Å². The Morgan fingerprint density at radius 3 is 2.17 bits per heavy atom. The van der Waals surface area contributed by atoms with Crippen LogP contribution < -0.4 is 20.7 Å². The van der Waals surface area contributed by atoms with Crippen molar-refractivity contribution >= 4 is 0 Å². The van der Waals surface area contributed by atoms with E-state index in [1.165, 1.54) is 0 Å². The third-order valence-corrected chi connectivity index (χ3v) is 2.69. The van der Waals surface area contributed by atoms with E-state index in [1.807, 2.05) is 12.1 Å². The van der Waals surface area contributed by atoms with Gasteiger partial charge in [0.2, 0.25) is 0 Å². The molecule has 1 unspecified atom stereocenters. The van der Waals surface area contributed by atoms with Crippen LogP contribution in [-0.2, 0) is 9.47 Å². The summed E-state index contributed by atoms with van der Waals surface area (Å²) in [6, 6.07) is 5.11. The minimum absolute atomic E-state index is 0.346. The molecule has 0 aromatic heterocycles. The van der Waals surface area contributed by atoms with Crippen LogP contribution >= 0.6 is 0 Å². The van der Waals surface area contributed by atoms with Crippen molar-refractivity contribution in [3.8, 4) is 11.5 Å². The van der Waals surface area contributed by atoms with Gasteiger partial charge in [0.1, 0.15) is 17.5 Å². The Balaban J connectivity index is 3.11. The number of methoxy groups -OCH3 is 4. The summed E-state index contributed by atoms with van der Waals surface area (Å²) in [5, 5.41) is 0. The molecule has 18 heavy (non-hydrogen) atoms. The van der Waals surface area contributed by atoms with Gasteiger partial charge in [0.05, 0.1) is 14.2 Å². The molecule has 1 aromatic carbocycles. The fourth-order valence-electron chi connectivity index (χ4n) is 1.76. The second-order valence-electron chi connectivity index (χ2n) is 3.59. The molecule has 0 amide bonds. The van der Waals surface area contributed by atoms with Gasteiger partial charge >= 0.3 is 0 Å². The smallest absolute Gasteiger partial charge is 0.177 e. The average Bonchev–Trinajstić information content (AvgIpc) is 2.44. The molecule has 102 valence electrons. The van der Waals surface area contributed by atoms with Gasteiger partial charge < -0.3 is 18.9 Å². The first-order valence-corrected chi connectivity index (χ1v) is 5.45. The maximum atomic E-state index is 5.55. The highest BCUT2D eigenvalue weighted by Crippen LogP contribution is 2.31. The summed E-state index contributed by atoms with van der Waals surface area (Å²) in [7, 11) is 6.28. The molecule has 0 radical (unpaired) electrons. The van der Waals surface area contributed by atoms with Crippen LogP contribution in [0.25, 0.3) is 0 Å². The lowest BCUT2D eigenvalue weighted by molar-refractivity contribution is -0.124. The van der Waals surface area contributed by atoms with Gasteiger partial charge in [-0.1, -0.05) is 0 Å². The second kappa shape index (κ2) is 7.17. The molecule has 0 saturated heterocycles. The minimum Gasteiger partial charge on any atom is -0.497 e. The zero-order chi connectivity index (χ0) is 13.5. The summed E-state index contributed by atoms with van der Waals surface area (Å²) >= 11 is 0. The van der Waals surface area contributed by atoms with Gasteiger partial charge in [0.15, 0.2) is 6.29 Å². The van der Waals surface area contributed by atoms with Crippen LogP contribution in [0.3, 0.4) is 0 Å². The summed E-state index contributed by atoms with van der Waals surface area (Å²) in [5.41, 5.74) is 3.49. The van der Waals surface area contributed by atoms with Crippen molar-refractivity contribution in [2.45, 2.75) is 12.3 Å². The lowest BCUT2D eigenvalue weighted by Gasteiger charge is -2.25. The number of rotatable bonds is 7. The number of ether oxygens (including phenoxy) is 4. The lowest BCUT2D eigenvalue weighted by Crippen LogP contribution is -2.38. The van der Waals surface area contributed by atoms with Crippen LogP contribution in [0.2, 0.25) is 0 Å². The molecule has 0 saturated carbocycles. The van der Waals surface area contributed by atoms with E-state index in [1.54, 1.807) is 34.5 Å². The normalized spacial score (nSPS) is 12.6. The topological polar surface area (TPSA) is 75.0 Å². The predicted octanol–water partition coefficient (Wildman–Crippen LogP) is 0.827. The molecule has 6 nitrogen and oxygen atoms in total. The Hall–Kier alpha value is -1.34. The molecule has 1 aromatic rings. The van der Waals surface area contributed by atoms with Crippen molar-refractivity contribution in [2.75, 3.05) is 28.4 Å². The molecule has 1 atom stereocenters. The molecule has 0 aliphatic carbocycles. The van der Waals surface area contributed by atoms with Crippen molar-refractivity contribution in [1.82, 2.24) is 5.43 Å². The number of nitrogens with one attached hydrogen (secondary N) is 1. The molecule has 1 rings (SSSR count). The van der Waals surface area contributed by atoms with Crippen molar-refractivity contribution in [3.63, 3.8) is 0 Å². The molecule has 3 N–H and O–H groups in total. The zero-order valence-electron chi connectivity index (χ0n) is 11.1. The fraction of sp³-hybridized carbons (Fsp3) is 0.500. The van der Waals surface area contributed by atoms with Crippen LogP contribution in [0.5, 0.6) is 11.5 Å². The summed E-state index contributed by atoms with van der Waals surface area (Å²) in [4.78, 5) is 0. The first-order valence-electron chi connectivity index (χ1n) is 5.45. The third kappa shape index (κ3) is 3.11. The predicted molar refractivity (Wildman–Crippen MR) is 67.4 cm³/mol. The van der Waals surface area contributed by atoms with Crippen LogP contribution in [-0.4, -0.2) is 34.7 Å². The first-order chi connectivity index (χ1) is 8.71. The number of hydrazine groups is 1. The van der Waals surface area contributed by atoms with Gasteiger partial charge in [-0.25, -0.2) is 5.43 Å². The van der Waals surface area contributed by atoms with Crippen molar-refractivity contribution in [1.29, 1.82) is 0 Å². The Kier molecular flexibility index (Phi) is 5.87. The third-order valence-electron chi connectivity index (χ3n) is 2.69. The molecule has 0 spiro atoms. The Morgan fingerprint density at radius 1 is 1.06 bits per heavy atom. The van der Waals surface area contributed by atoms with E-state index < -0.39 is 6.29 Å². The summed E-state index contributed by atoms with van der Waals surface area (Å²) in [5.74, 6) is 6.91. The molecular weight excluding hydrogens is 236 g/mol. The van der Waals surface area contributed by atoms with Gasteiger partial charge in [-0.05, 0) is 12.1 Å². The SMILES string of the molecule is COc1ccc(C(NN)C(OC)OC)c(OC)c1.